The third-order valence-corrected chi connectivity index (χ3v) is 5.05. The molecule has 0 spiro atoms. The van der Waals surface area contributed by atoms with Gasteiger partial charge in [0.15, 0.2) is 6.61 Å². The molecular weight excluding hydrogens is 376 g/mol. The fourth-order valence-electron chi connectivity index (χ4n) is 2.03. The molecule has 0 aromatic heterocycles. The van der Waals surface area contributed by atoms with Crippen LogP contribution in [0.3, 0.4) is 0 Å². The molecule has 2 aromatic carbocycles. The minimum atomic E-state index is -3.87. The molecule has 0 saturated heterocycles. The smallest absolute Gasteiger partial charge is 0.272 e. The standard InChI is InChI=1S/C18H21ClN2O4S/c1-18(2,3)13-4-8-15(9-5-13)25-12-17(22)20-21-26(23,24)16-10-6-14(19)7-11-16/h4-11,21H,12H2,1-3H3,(H,20,22). The molecule has 0 radical (unpaired) electrons. The average molecular weight is 397 g/mol. The van der Waals surface area contributed by atoms with Crippen LogP contribution in [0.25, 0.3) is 0 Å². The summed E-state index contributed by atoms with van der Waals surface area (Å²) < 4.78 is 29.4. The molecule has 0 aliphatic rings. The summed E-state index contributed by atoms with van der Waals surface area (Å²) in [6.45, 7) is 5.98. The number of sulfonamides is 1. The van der Waals surface area contributed by atoms with E-state index in [0.29, 0.717) is 10.8 Å². The molecule has 0 bridgehead atoms. The van der Waals surface area contributed by atoms with E-state index in [4.69, 9.17) is 16.3 Å². The van der Waals surface area contributed by atoms with Gasteiger partial charge in [-0.25, -0.2) is 8.42 Å². The summed E-state index contributed by atoms with van der Waals surface area (Å²) in [7, 11) is -3.87. The van der Waals surface area contributed by atoms with E-state index < -0.39 is 15.9 Å². The highest BCUT2D eigenvalue weighted by Crippen LogP contribution is 2.24. The van der Waals surface area contributed by atoms with Gasteiger partial charge in [-0.1, -0.05) is 44.5 Å². The van der Waals surface area contributed by atoms with E-state index in [2.05, 4.69) is 26.2 Å². The quantitative estimate of drug-likeness (QED) is 0.735. The van der Waals surface area contributed by atoms with Crippen molar-refractivity contribution in [1.29, 1.82) is 0 Å². The van der Waals surface area contributed by atoms with Crippen LogP contribution in [0.1, 0.15) is 26.3 Å². The van der Waals surface area contributed by atoms with Crippen molar-refractivity contribution in [2.24, 2.45) is 0 Å². The van der Waals surface area contributed by atoms with Gasteiger partial charge in [-0.15, -0.1) is 4.83 Å². The lowest BCUT2D eigenvalue weighted by Gasteiger charge is -2.19. The maximum atomic E-state index is 12.0. The predicted molar refractivity (Wildman–Crippen MR) is 101 cm³/mol. The molecule has 0 heterocycles. The van der Waals surface area contributed by atoms with Gasteiger partial charge in [-0.05, 0) is 47.4 Å². The fraction of sp³-hybridized carbons (Fsp3) is 0.278. The van der Waals surface area contributed by atoms with Crippen LogP contribution < -0.4 is 15.0 Å². The van der Waals surface area contributed by atoms with Crippen LogP contribution in [0.2, 0.25) is 5.02 Å². The normalized spacial score (nSPS) is 11.8. The van der Waals surface area contributed by atoms with Gasteiger partial charge in [0.2, 0.25) is 0 Å². The van der Waals surface area contributed by atoms with Crippen molar-refractivity contribution in [3.8, 4) is 5.75 Å². The molecule has 0 fully saturated rings. The molecule has 6 nitrogen and oxygen atoms in total. The van der Waals surface area contributed by atoms with Gasteiger partial charge in [-0.3, -0.25) is 10.2 Å². The Morgan fingerprint density at radius 1 is 1.04 bits per heavy atom. The Morgan fingerprint density at radius 2 is 1.62 bits per heavy atom. The molecule has 0 unspecified atom stereocenters. The van der Waals surface area contributed by atoms with E-state index in [1.54, 1.807) is 12.1 Å². The summed E-state index contributed by atoms with van der Waals surface area (Å²) in [6, 6.07) is 13.0. The highest BCUT2D eigenvalue weighted by Gasteiger charge is 2.16. The number of rotatable bonds is 6. The third kappa shape index (κ3) is 5.72. The van der Waals surface area contributed by atoms with E-state index in [1.807, 2.05) is 17.0 Å². The summed E-state index contributed by atoms with van der Waals surface area (Å²) in [4.78, 5) is 13.8. The van der Waals surface area contributed by atoms with E-state index in [0.717, 1.165) is 5.56 Å². The van der Waals surface area contributed by atoms with E-state index in [9.17, 15) is 13.2 Å². The maximum Gasteiger partial charge on any atom is 0.272 e. The molecule has 0 atom stereocenters. The molecule has 0 saturated carbocycles. The first-order valence-electron chi connectivity index (χ1n) is 7.87. The SMILES string of the molecule is CC(C)(C)c1ccc(OCC(=O)NNS(=O)(=O)c2ccc(Cl)cc2)cc1. The molecule has 2 aromatic rings. The Hall–Kier alpha value is -2.09. The average Bonchev–Trinajstić information content (AvgIpc) is 2.58. The minimum Gasteiger partial charge on any atom is -0.484 e. The number of hydrazine groups is 1. The second-order valence-corrected chi connectivity index (χ2v) is 8.79. The van der Waals surface area contributed by atoms with Crippen molar-refractivity contribution >= 4 is 27.5 Å². The van der Waals surface area contributed by atoms with E-state index >= 15 is 0 Å². The molecule has 8 heteroatoms. The fourth-order valence-corrected chi connectivity index (χ4v) is 3.02. The molecule has 2 rings (SSSR count). The molecule has 1 amide bonds. The minimum absolute atomic E-state index is 0.0131. The molecule has 2 N–H and O–H groups in total. The highest BCUT2D eigenvalue weighted by molar-refractivity contribution is 7.89. The number of benzene rings is 2. The molecule has 140 valence electrons. The van der Waals surface area contributed by atoms with Gasteiger partial charge in [0, 0.05) is 5.02 Å². The Kier molecular flexibility index (Phi) is 6.28. The number of hydrogen-bond acceptors (Lipinski definition) is 4. The number of carbonyl (C=O) groups excluding carboxylic acids is 1. The number of amides is 1. The van der Waals surface area contributed by atoms with Crippen LogP contribution in [0.4, 0.5) is 0 Å². The van der Waals surface area contributed by atoms with Crippen molar-refractivity contribution in [2.45, 2.75) is 31.1 Å². The van der Waals surface area contributed by atoms with Crippen molar-refractivity contribution in [3.63, 3.8) is 0 Å². The first-order chi connectivity index (χ1) is 12.1. The first-order valence-corrected chi connectivity index (χ1v) is 9.73. The number of nitrogens with one attached hydrogen (secondary N) is 2. The van der Waals surface area contributed by atoms with Crippen molar-refractivity contribution in [1.82, 2.24) is 10.3 Å². The van der Waals surface area contributed by atoms with Gasteiger partial charge >= 0.3 is 0 Å². The van der Waals surface area contributed by atoms with Crippen molar-refractivity contribution in [3.05, 3.63) is 59.1 Å². The topological polar surface area (TPSA) is 84.5 Å². The number of ether oxygens (including phenoxy) is 1. The van der Waals surface area contributed by atoms with Gasteiger partial charge in [0.1, 0.15) is 5.75 Å². The Bertz CT molecular complexity index is 858. The van der Waals surface area contributed by atoms with Crippen LogP contribution in [-0.4, -0.2) is 20.9 Å². The Morgan fingerprint density at radius 3 is 2.15 bits per heavy atom. The van der Waals surface area contributed by atoms with Crippen LogP contribution in [0.5, 0.6) is 5.75 Å². The maximum absolute atomic E-state index is 12.0. The summed E-state index contributed by atoms with van der Waals surface area (Å²) in [5.74, 6) is -0.101. The van der Waals surface area contributed by atoms with Crippen LogP contribution in [0.15, 0.2) is 53.4 Å². The van der Waals surface area contributed by atoms with Gasteiger partial charge < -0.3 is 4.74 Å². The number of carbonyl (C=O) groups is 1. The summed E-state index contributed by atoms with van der Waals surface area (Å²) in [5, 5.41) is 0.416. The third-order valence-electron chi connectivity index (χ3n) is 3.54. The lowest BCUT2D eigenvalue weighted by molar-refractivity contribution is -0.123. The van der Waals surface area contributed by atoms with Gasteiger partial charge in [-0.2, -0.15) is 0 Å². The molecular formula is C18H21ClN2O4S. The Balaban J connectivity index is 1.86. The Labute approximate surface area is 158 Å². The highest BCUT2D eigenvalue weighted by atomic mass is 35.5. The second-order valence-electron chi connectivity index (χ2n) is 6.67. The van der Waals surface area contributed by atoms with E-state index in [1.165, 1.54) is 24.3 Å². The molecule has 0 aliphatic heterocycles. The largest absolute Gasteiger partial charge is 0.484 e. The monoisotopic (exact) mass is 396 g/mol. The lowest BCUT2D eigenvalue weighted by Crippen LogP contribution is -2.43. The zero-order valence-electron chi connectivity index (χ0n) is 14.7. The van der Waals surface area contributed by atoms with Crippen molar-refractivity contribution < 1.29 is 17.9 Å². The second kappa shape index (κ2) is 8.07. The van der Waals surface area contributed by atoms with Gasteiger partial charge in [0.25, 0.3) is 15.9 Å². The summed E-state index contributed by atoms with van der Waals surface area (Å²) in [6.07, 6.45) is 0. The summed E-state index contributed by atoms with van der Waals surface area (Å²) >= 11 is 5.72. The van der Waals surface area contributed by atoms with Gasteiger partial charge in [0.05, 0.1) is 4.90 Å². The zero-order chi connectivity index (χ0) is 19.4. The predicted octanol–water partition coefficient (Wildman–Crippen LogP) is 3.03. The molecule has 0 aliphatic carbocycles. The van der Waals surface area contributed by atoms with Crippen molar-refractivity contribution in [2.75, 3.05) is 6.61 Å². The number of hydrogen-bond donors (Lipinski definition) is 2. The van der Waals surface area contributed by atoms with Crippen LogP contribution in [0, 0.1) is 0 Å². The van der Waals surface area contributed by atoms with Crippen LogP contribution in [-0.2, 0) is 20.2 Å². The number of halogens is 1. The summed E-state index contributed by atoms with van der Waals surface area (Å²) in [5.41, 5.74) is 3.27. The van der Waals surface area contributed by atoms with E-state index in [-0.39, 0.29) is 16.9 Å². The van der Waals surface area contributed by atoms with Crippen LogP contribution >= 0.6 is 11.6 Å². The molecule has 26 heavy (non-hydrogen) atoms. The zero-order valence-corrected chi connectivity index (χ0v) is 16.3. The first kappa shape index (κ1) is 20.2. The lowest BCUT2D eigenvalue weighted by atomic mass is 9.87.